The third kappa shape index (κ3) is 2.16. The highest BCUT2D eigenvalue weighted by Crippen LogP contribution is 2.28. The zero-order valence-corrected chi connectivity index (χ0v) is 8.01. The summed E-state index contributed by atoms with van der Waals surface area (Å²) in [7, 11) is 0. The fourth-order valence-corrected chi connectivity index (χ4v) is 1.22. The summed E-state index contributed by atoms with van der Waals surface area (Å²) >= 11 is 0. The summed E-state index contributed by atoms with van der Waals surface area (Å²) in [6, 6.07) is 3.76. The van der Waals surface area contributed by atoms with E-state index in [0.29, 0.717) is 12.0 Å². The zero-order chi connectivity index (χ0) is 10.7. The van der Waals surface area contributed by atoms with Crippen LogP contribution in [0.15, 0.2) is 18.2 Å². The number of aromatic hydroxyl groups is 2. The molecule has 0 aliphatic rings. The maximum absolute atomic E-state index is 9.47. The van der Waals surface area contributed by atoms with E-state index >= 15 is 0 Å². The number of benzene rings is 1. The number of hydrogen-bond acceptors (Lipinski definition) is 4. The number of rotatable bonds is 3. The van der Waals surface area contributed by atoms with E-state index in [9.17, 15) is 10.2 Å². The lowest BCUT2D eigenvalue weighted by Crippen LogP contribution is -2.25. The lowest BCUT2D eigenvalue weighted by atomic mass is 10.0. The molecule has 0 aliphatic carbocycles. The summed E-state index contributed by atoms with van der Waals surface area (Å²) in [5.41, 5.74) is 6.33. The number of aliphatic hydroxyl groups is 1. The van der Waals surface area contributed by atoms with Crippen LogP contribution in [-0.4, -0.2) is 21.4 Å². The van der Waals surface area contributed by atoms with Gasteiger partial charge in [-0.15, -0.1) is 0 Å². The van der Waals surface area contributed by atoms with Gasteiger partial charge < -0.3 is 21.1 Å². The number of phenols is 2. The molecule has 4 heteroatoms. The Morgan fingerprint density at radius 2 is 1.93 bits per heavy atom. The van der Waals surface area contributed by atoms with Crippen LogP contribution < -0.4 is 5.73 Å². The SMILES string of the molecule is CCC(O)C(N)c1ccc(O)c(O)c1. The van der Waals surface area contributed by atoms with Gasteiger partial charge in [0, 0.05) is 0 Å². The maximum atomic E-state index is 9.47. The Labute approximate surface area is 82.6 Å². The van der Waals surface area contributed by atoms with E-state index in [2.05, 4.69) is 0 Å². The van der Waals surface area contributed by atoms with Gasteiger partial charge in [-0.25, -0.2) is 0 Å². The van der Waals surface area contributed by atoms with Crippen LogP contribution in [0.1, 0.15) is 24.9 Å². The highest BCUT2D eigenvalue weighted by Gasteiger charge is 2.15. The van der Waals surface area contributed by atoms with Gasteiger partial charge in [0.2, 0.25) is 0 Å². The van der Waals surface area contributed by atoms with E-state index in [-0.39, 0.29) is 11.5 Å². The topological polar surface area (TPSA) is 86.7 Å². The maximum Gasteiger partial charge on any atom is 0.157 e. The van der Waals surface area contributed by atoms with E-state index in [4.69, 9.17) is 10.8 Å². The normalized spacial score (nSPS) is 15.1. The van der Waals surface area contributed by atoms with Crippen molar-refractivity contribution in [3.63, 3.8) is 0 Å². The predicted octanol–water partition coefficient (Wildman–Crippen LogP) is 0.868. The molecule has 4 nitrogen and oxygen atoms in total. The molecule has 5 N–H and O–H groups in total. The number of aliphatic hydroxyl groups excluding tert-OH is 1. The molecule has 0 spiro atoms. The molecular weight excluding hydrogens is 182 g/mol. The summed E-state index contributed by atoms with van der Waals surface area (Å²) in [6.07, 6.45) is -0.0954. The molecule has 2 atom stereocenters. The molecule has 1 rings (SSSR count). The summed E-state index contributed by atoms with van der Waals surface area (Å²) in [5.74, 6) is -0.409. The molecule has 0 aromatic heterocycles. The van der Waals surface area contributed by atoms with Crippen molar-refractivity contribution in [1.82, 2.24) is 0 Å². The monoisotopic (exact) mass is 197 g/mol. The lowest BCUT2D eigenvalue weighted by Gasteiger charge is -2.17. The van der Waals surface area contributed by atoms with Gasteiger partial charge in [-0.05, 0) is 24.1 Å². The summed E-state index contributed by atoms with van der Waals surface area (Å²) in [4.78, 5) is 0. The minimum absolute atomic E-state index is 0.188. The highest BCUT2D eigenvalue weighted by atomic mass is 16.3. The molecule has 78 valence electrons. The van der Waals surface area contributed by atoms with Crippen molar-refractivity contribution < 1.29 is 15.3 Å². The Morgan fingerprint density at radius 1 is 1.29 bits per heavy atom. The first-order valence-electron chi connectivity index (χ1n) is 4.51. The van der Waals surface area contributed by atoms with Crippen LogP contribution in [0, 0.1) is 0 Å². The van der Waals surface area contributed by atoms with Gasteiger partial charge in [0.1, 0.15) is 0 Å². The fourth-order valence-electron chi connectivity index (χ4n) is 1.22. The molecule has 0 fully saturated rings. The van der Waals surface area contributed by atoms with Gasteiger partial charge in [0.25, 0.3) is 0 Å². The van der Waals surface area contributed by atoms with Crippen molar-refractivity contribution >= 4 is 0 Å². The van der Waals surface area contributed by atoms with Crippen molar-refractivity contribution in [2.45, 2.75) is 25.5 Å². The van der Waals surface area contributed by atoms with E-state index in [1.807, 2.05) is 6.92 Å². The Kier molecular flexibility index (Phi) is 3.33. The van der Waals surface area contributed by atoms with Crippen molar-refractivity contribution in [2.75, 3.05) is 0 Å². The molecule has 2 unspecified atom stereocenters. The second kappa shape index (κ2) is 4.30. The molecule has 14 heavy (non-hydrogen) atoms. The Hall–Kier alpha value is -1.26. The molecule has 0 bridgehead atoms. The van der Waals surface area contributed by atoms with Crippen LogP contribution in [0.2, 0.25) is 0 Å². The van der Waals surface area contributed by atoms with Gasteiger partial charge in [-0.3, -0.25) is 0 Å². The van der Waals surface area contributed by atoms with Crippen LogP contribution in [0.4, 0.5) is 0 Å². The number of hydrogen-bond donors (Lipinski definition) is 4. The lowest BCUT2D eigenvalue weighted by molar-refractivity contribution is 0.140. The van der Waals surface area contributed by atoms with Crippen LogP contribution in [-0.2, 0) is 0 Å². The number of phenolic OH excluding ortho intramolecular Hbond substituents is 2. The van der Waals surface area contributed by atoms with Gasteiger partial charge in [-0.1, -0.05) is 13.0 Å². The second-order valence-electron chi connectivity index (χ2n) is 3.25. The standard InChI is InChI=1S/C10H15NO3/c1-2-7(12)10(11)6-3-4-8(13)9(14)5-6/h3-5,7,10,12-14H,2,11H2,1H3. The highest BCUT2D eigenvalue weighted by molar-refractivity contribution is 5.41. The molecule has 0 saturated carbocycles. The van der Waals surface area contributed by atoms with Crippen molar-refractivity contribution in [3.05, 3.63) is 23.8 Å². The summed E-state index contributed by atoms with van der Waals surface area (Å²) < 4.78 is 0. The minimum atomic E-state index is -0.640. The minimum Gasteiger partial charge on any atom is -0.504 e. The zero-order valence-electron chi connectivity index (χ0n) is 8.01. The van der Waals surface area contributed by atoms with E-state index in [1.54, 1.807) is 6.07 Å². The molecule has 1 aromatic rings. The van der Waals surface area contributed by atoms with Crippen molar-refractivity contribution in [2.24, 2.45) is 5.73 Å². The Morgan fingerprint density at radius 3 is 2.43 bits per heavy atom. The molecule has 0 aliphatic heterocycles. The number of nitrogens with two attached hydrogens (primary N) is 1. The summed E-state index contributed by atoms with van der Waals surface area (Å²) in [5, 5.41) is 27.8. The third-order valence-electron chi connectivity index (χ3n) is 2.22. The van der Waals surface area contributed by atoms with Crippen LogP contribution in [0.3, 0.4) is 0 Å². The van der Waals surface area contributed by atoms with Crippen molar-refractivity contribution in [3.8, 4) is 11.5 Å². The average molecular weight is 197 g/mol. The van der Waals surface area contributed by atoms with Crippen LogP contribution in [0.5, 0.6) is 11.5 Å². The molecule has 0 heterocycles. The van der Waals surface area contributed by atoms with Crippen LogP contribution in [0.25, 0.3) is 0 Å². The molecule has 0 radical (unpaired) electrons. The first-order valence-corrected chi connectivity index (χ1v) is 4.51. The third-order valence-corrected chi connectivity index (χ3v) is 2.22. The fraction of sp³-hybridized carbons (Fsp3) is 0.400. The van der Waals surface area contributed by atoms with E-state index in [1.165, 1.54) is 12.1 Å². The molecule has 1 aromatic carbocycles. The molecule has 0 amide bonds. The first-order chi connectivity index (χ1) is 6.56. The smallest absolute Gasteiger partial charge is 0.157 e. The van der Waals surface area contributed by atoms with Gasteiger partial charge in [0.05, 0.1) is 12.1 Å². The van der Waals surface area contributed by atoms with E-state index in [0.717, 1.165) is 0 Å². The average Bonchev–Trinajstić information content (AvgIpc) is 2.20. The Balaban J connectivity index is 2.91. The van der Waals surface area contributed by atoms with Gasteiger partial charge in [0.15, 0.2) is 11.5 Å². The van der Waals surface area contributed by atoms with E-state index < -0.39 is 12.1 Å². The summed E-state index contributed by atoms with van der Waals surface area (Å²) in [6.45, 7) is 1.82. The van der Waals surface area contributed by atoms with Gasteiger partial charge in [-0.2, -0.15) is 0 Å². The Bertz CT molecular complexity index is 314. The van der Waals surface area contributed by atoms with Crippen molar-refractivity contribution in [1.29, 1.82) is 0 Å². The molecular formula is C10H15NO3. The van der Waals surface area contributed by atoms with Gasteiger partial charge >= 0.3 is 0 Å². The first kappa shape index (κ1) is 10.8. The second-order valence-corrected chi connectivity index (χ2v) is 3.25. The molecule has 0 saturated heterocycles. The quantitative estimate of drug-likeness (QED) is 0.541. The largest absolute Gasteiger partial charge is 0.504 e. The predicted molar refractivity (Wildman–Crippen MR) is 53.0 cm³/mol. The van der Waals surface area contributed by atoms with Crippen LogP contribution >= 0.6 is 0 Å².